The molecule has 0 saturated carbocycles. The molecule has 2 nitrogen and oxygen atoms in total. The van der Waals surface area contributed by atoms with Crippen molar-refractivity contribution < 1.29 is 0 Å². The van der Waals surface area contributed by atoms with E-state index in [4.69, 9.17) is 0 Å². The fraction of sp³-hybridized carbons (Fsp3) is 0.625. The second-order valence-electron chi connectivity index (χ2n) is 6.18. The Hall–Kier alpha value is -0.860. The molecule has 1 unspecified atom stereocenters. The van der Waals surface area contributed by atoms with E-state index in [-0.39, 0.29) is 0 Å². The maximum atomic E-state index is 3.55. The van der Waals surface area contributed by atoms with E-state index < -0.39 is 0 Å². The molecule has 1 aromatic carbocycles. The van der Waals surface area contributed by atoms with E-state index in [0.29, 0.717) is 11.5 Å². The SMILES string of the molecule is CCNC(C)C(C)(C)CN1Cc2ccccc2C1. The standard InChI is InChI=1S/C16H26N2/c1-5-17-13(2)16(3,4)12-18-10-14-8-6-7-9-15(14)11-18/h6-9,13,17H,5,10-12H2,1-4H3. The van der Waals surface area contributed by atoms with Gasteiger partial charge < -0.3 is 5.32 Å². The largest absolute Gasteiger partial charge is 0.314 e. The van der Waals surface area contributed by atoms with Gasteiger partial charge in [-0.15, -0.1) is 0 Å². The quantitative estimate of drug-likeness (QED) is 0.859. The summed E-state index contributed by atoms with van der Waals surface area (Å²) in [6.45, 7) is 13.6. The summed E-state index contributed by atoms with van der Waals surface area (Å²) >= 11 is 0. The Morgan fingerprint density at radius 2 is 1.78 bits per heavy atom. The van der Waals surface area contributed by atoms with Crippen LogP contribution in [-0.2, 0) is 13.1 Å². The molecule has 0 fully saturated rings. The molecule has 0 radical (unpaired) electrons. The van der Waals surface area contributed by atoms with Crippen molar-refractivity contribution in [3.05, 3.63) is 35.4 Å². The van der Waals surface area contributed by atoms with E-state index in [1.807, 2.05) is 0 Å². The third-order valence-corrected chi connectivity index (χ3v) is 4.22. The summed E-state index contributed by atoms with van der Waals surface area (Å²) in [6, 6.07) is 9.36. The molecule has 1 atom stereocenters. The molecule has 0 aromatic heterocycles. The van der Waals surface area contributed by atoms with E-state index in [1.165, 1.54) is 11.1 Å². The number of hydrogen-bond donors (Lipinski definition) is 1. The van der Waals surface area contributed by atoms with Crippen LogP contribution in [0.25, 0.3) is 0 Å². The molecule has 2 rings (SSSR count). The molecule has 1 N–H and O–H groups in total. The molecule has 1 aromatic rings. The second kappa shape index (κ2) is 5.41. The number of fused-ring (bicyclic) bond motifs is 1. The first-order valence-electron chi connectivity index (χ1n) is 7.05. The van der Waals surface area contributed by atoms with Crippen LogP contribution in [0.2, 0.25) is 0 Å². The first-order valence-corrected chi connectivity index (χ1v) is 7.05. The lowest BCUT2D eigenvalue weighted by Crippen LogP contribution is -2.45. The molecule has 1 aliphatic rings. The lowest BCUT2D eigenvalue weighted by molar-refractivity contribution is 0.143. The molecule has 0 saturated heterocycles. The van der Waals surface area contributed by atoms with Crippen LogP contribution in [-0.4, -0.2) is 24.0 Å². The Labute approximate surface area is 111 Å². The molecule has 18 heavy (non-hydrogen) atoms. The van der Waals surface area contributed by atoms with Gasteiger partial charge in [0.25, 0.3) is 0 Å². The van der Waals surface area contributed by atoms with E-state index >= 15 is 0 Å². The zero-order valence-electron chi connectivity index (χ0n) is 12.2. The van der Waals surface area contributed by atoms with Crippen LogP contribution in [0, 0.1) is 5.41 Å². The highest BCUT2D eigenvalue weighted by molar-refractivity contribution is 5.30. The molecule has 0 amide bonds. The molecular weight excluding hydrogens is 220 g/mol. The maximum Gasteiger partial charge on any atom is 0.0240 e. The summed E-state index contributed by atoms with van der Waals surface area (Å²) in [5.41, 5.74) is 3.31. The summed E-state index contributed by atoms with van der Waals surface area (Å²) in [5, 5.41) is 3.55. The Balaban J connectivity index is 1.96. The Morgan fingerprint density at radius 3 is 2.28 bits per heavy atom. The number of nitrogens with zero attached hydrogens (tertiary/aromatic N) is 1. The minimum atomic E-state index is 0.304. The smallest absolute Gasteiger partial charge is 0.0240 e. The van der Waals surface area contributed by atoms with Crippen LogP contribution in [0.15, 0.2) is 24.3 Å². The molecule has 1 heterocycles. The average molecular weight is 246 g/mol. The second-order valence-corrected chi connectivity index (χ2v) is 6.18. The van der Waals surface area contributed by atoms with Crippen LogP contribution < -0.4 is 5.32 Å². The third kappa shape index (κ3) is 2.93. The van der Waals surface area contributed by atoms with Crippen molar-refractivity contribution in [3.63, 3.8) is 0 Å². The number of hydrogen-bond acceptors (Lipinski definition) is 2. The van der Waals surface area contributed by atoms with Crippen molar-refractivity contribution in [2.75, 3.05) is 13.1 Å². The molecule has 0 spiro atoms. The maximum absolute atomic E-state index is 3.55. The van der Waals surface area contributed by atoms with Gasteiger partial charge in [0.05, 0.1) is 0 Å². The lowest BCUT2D eigenvalue weighted by atomic mass is 9.84. The highest BCUT2D eigenvalue weighted by Crippen LogP contribution is 2.28. The van der Waals surface area contributed by atoms with Gasteiger partial charge in [0.2, 0.25) is 0 Å². The van der Waals surface area contributed by atoms with Crippen molar-refractivity contribution in [2.45, 2.75) is 46.8 Å². The average Bonchev–Trinajstić information content (AvgIpc) is 2.70. The highest BCUT2D eigenvalue weighted by Gasteiger charge is 2.30. The highest BCUT2D eigenvalue weighted by atomic mass is 15.2. The molecular formula is C16H26N2. The van der Waals surface area contributed by atoms with Gasteiger partial charge in [-0.2, -0.15) is 0 Å². The molecule has 100 valence electrons. The third-order valence-electron chi connectivity index (χ3n) is 4.22. The summed E-state index contributed by atoms with van der Waals surface area (Å²) in [7, 11) is 0. The lowest BCUT2D eigenvalue weighted by Gasteiger charge is -2.36. The Bertz CT molecular complexity index is 373. The fourth-order valence-corrected chi connectivity index (χ4v) is 2.81. The predicted molar refractivity (Wildman–Crippen MR) is 77.5 cm³/mol. The summed E-state index contributed by atoms with van der Waals surface area (Å²) in [4.78, 5) is 2.57. The summed E-state index contributed by atoms with van der Waals surface area (Å²) < 4.78 is 0. The summed E-state index contributed by atoms with van der Waals surface area (Å²) in [6.07, 6.45) is 0. The molecule has 2 heteroatoms. The molecule has 0 bridgehead atoms. The van der Waals surface area contributed by atoms with Gasteiger partial charge in [-0.25, -0.2) is 0 Å². The van der Waals surface area contributed by atoms with Crippen LogP contribution in [0.5, 0.6) is 0 Å². The summed E-state index contributed by atoms with van der Waals surface area (Å²) in [5.74, 6) is 0. The topological polar surface area (TPSA) is 15.3 Å². The number of nitrogens with one attached hydrogen (secondary N) is 1. The van der Waals surface area contributed by atoms with Gasteiger partial charge in [0.1, 0.15) is 0 Å². The van der Waals surface area contributed by atoms with Gasteiger partial charge >= 0.3 is 0 Å². The van der Waals surface area contributed by atoms with Crippen molar-refractivity contribution in [3.8, 4) is 0 Å². The monoisotopic (exact) mass is 246 g/mol. The van der Waals surface area contributed by atoms with Crippen LogP contribution >= 0.6 is 0 Å². The van der Waals surface area contributed by atoms with Crippen LogP contribution in [0.1, 0.15) is 38.8 Å². The Morgan fingerprint density at radius 1 is 1.22 bits per heavy atom. The molecule has 1 aliphatic heterocycles. The van der Waals surface area contributed by atoms with Gasteiger partial charge in [0.15, 0.2) is 0 Å². The van der Waals surface area contributed by atoms with E-state index in [1.54, 1.807) is 0 Å². The minimum Gasteiger partial charge on any atom is -0.314 e. The van der Waals surface area contributed by atoms with E-state index in [0.717, 1.165) is 26.2 Å². The normalized spacial score (nSPS) is 17.8. The zero-order chi connectivity index (χ0) is 13.2. The van der Waals surface area contributed by atoms with Gasteiger partial charge in [0, 0.05) is 25.7 Å². The minimum absolute atomic E-state index is 0.304. The van der Waals surface area contributed by atoms with Crippen molar-refractivity contribution in [1.29, 1.82) is 0 Å². The van der Waals surface area contributed by atoms with Crippen molar-refractivity contribution in [1.82, 2.24) is 10.2 Å². The Kier molecular flexibility index (Phi) is 4.08. The van der Waals surface area contributed by atoms with E-state index in [9.17, 15) is 0 Å². The first kappa shape index (κ1) is 13.6. The zero-order valence-corrected chi connectivity index (χ0v) is 12.2. The van der Waals surface area contributed by atoms with Crippen LogP contribution in [0.3, 0.4) is 0 Å². The van der Waals surface area contributed by atoms with Crippen molar-refractivity contribution >= 4 is 0 Å². The van der Waals surface area contributed by atoms with Gasteiger partial charge in [-0.3, -0.25) is 4.90 Å². The first-order chi connectivity index (χ1) is 8.53. The van der Waals surface area contributed by atoms with Gasteiger partial charge in [-0.05, 0) is 30.0 Å². The number of benzene rings is 1. The number of rotatable bonds is 5. The fourth-order valence-electron chi connectivity index (χ4n) is 2.81. The predicted octanol–water partition coefficient (Wildman–Crippen LogP) is 3.03. The van der Waals surface area contributed by atoms with Crippen LogP contribution in [0.4, 0.5) is 0 Å². The van der Waals surface area contributed by atoms with E-state index in [2.05, 4.69) is 62.2 Å². The molecule has 0 aliphatic carbocycles. The van der Waals surface area contributed by atoms with Crippen molar-refractivity contribution in [2.24, 2.45) is 5.41 Å². The van der Waals surface area contributed by atoms with Gasteiger partial charge in [-0.1, -0.05) is 45.0 Å².